The first kappa shape index (κ1) is 17.2. The molecule has 3 rings (SSSR count). The van der Waals surface area contributed by atoms with Gasteiger partial charge in [-0.15, -0.1) is 0 Å². The predicted molar refractivity (Wildman–Crippen MR) is 97.6 cm³/mol. The number of carboxylic acid groups (broad SMARTS) is 1. The molecular weight excluding hydrogens is 316 g/mol. The van der Waals surface area contributed by atoms with Gasteiger partial charge in [-0.05, 0) is 35.7 Å². The lowest BCUT2D eigenvalue weighted by Crippen LogP contribution is -2.26. The highest BCUT2D eigenvalue weighted by molar-refractivity contribution is 5.82. The summed E-state index contributed by atoms with van der Waals surface area (Å²) in [5.41, 5.74) is 3.29. The first-order chi connectivity index (χ1) is 12.2. The lowest BCUT2D eigenvalue weighted by Gasteiger charge is -2.13. The molecule has 0 aliphatic carbocycles. The Hall–Kier alpha value is -2.66. The molecule has 1 heterocycles. The topological polar surface area (TPSA) is 62.1 Å². The Morgan fingerprint density at radius 1 is 1.20 bits per heavy atom. The average Bonchev–Trinajstić information content (AvgIpc) is 3.12. The number of oxime groups is 1. The van der Waals surface area contributed by atoms with Crippen molar-refractivity contribution in [2.75, 3.05) is 26.2 Å². The van der Waals surface area contributed by atoms with Gasteiger partial charge >= 0.3 is 5.97 Å². The first-order valence-corrected chi connectivity index (χ1v) is 8.48. The fourth-order valence-electron chi connectivity index (χ4n) is 2.99. The number of benzene rings is 2. The van der Waals surface area contributed by atoms with E-state index >= 15 is 0 Å². The highest BCUT2D eigenvalue weighted by atomic mass is 16.6. The van der Waals surface area contributed by atoms with Crippen LogP contribution >= 0.6 is 0 Å². The zero-order valence-corrected chi connectivity index (χ0v) is 14.0. The second-order valence-corrected chi connectivity index (χ2v) is 6.18. The Labute approximate surface area is 147 Å². The van der Waals surface area contributed by atoms with E-state index in [2.05, 4.69) is 34.3 Å². The van der Waals surface area contributed by atoms with Crippen LogP contribution in [0.2, 0.25) is 0 Å². The van der Waals surface area contributed by atoms with Crippen LogP contribution in [-0.4, -0.2) is 48.4 Å². The standard InChI is InChI=1S/C20H22N2O3/c23-20(24)19-9-10-22(15-19)11-12-25-21-14-16-5-4-8-18(13-16)17-6-2-1-3-7-17/h1-8,13-14,19H,9-12,15H2,(H,23,24)/b21-14+. The van der Waals surface area contributed by atoms with Crippen molar-refractivity contribution in [3.8, 4) is 11.1 Å². The van der Waals surface area contributed by atoms with E-state index in [-0.39, 0.29) is 5.92 Å². The lowest BCUT2D eigenvalue weighted by atomic mass is 10.0. The van der Waals surface area contributed by atoms with E-state index in [0.717, 1.165) is 17.7 Å². The number of rotatable bonds is 7. The van der Waals surface area contributed by atoms with Gasteiger partial charge in [-0.2, -0.15) is 0 Å². The molecule has 0 saturated carbocycles. The summed E-state index contributed by atoms with van der Waals surface area (Å²) in [6.45, 7) is 2.57. The maximum absolute atomic E-state index is 10.9. The smallest absolute Gasteiger partial charge is 0.307 e. The van der Waals surface area contributed by atoms with Crippen molar-refractivity contribution in [1.29, 1.82) is 0 Å². The molecule has 25 heavy (non-hydrogen) atoms. The number of hydrogen-bond donors (Lipinski definition) is 1. The molecule has 1 aliphatic heterocycles. The predicted octanol–water partition coefficient (Wildman–Crippen LogP) is 3.11. The minimum Gasteiger partial charge on any atom is -0.481 e. The van der Waals surface area contributed by atoms with Crippen LogP contribution in [0.1, 0.15) is 12.0 Å². The zero-order valence-electron chi connectivity index (χ0n) is 14.0. The largest absolute Gasteiger partial charge is 0.481 e. The molecule has 0 aromatic heterocycles. The van der Waals surface area contributed by atoms with Crippen molar-refractivity contribution >= 4 is 12.2 Å². The van der Waals surface area contributed by atoms with Gasteiger partial charge in [0.05, 0.1) is 12.1 Å². The van der Waals surface area contributed by atoms with Crippen LogP contribution in [0.15, 0.2) is 59.8 Å². The summed E-state index contributed by atoms with van der Waals surface area (Å²) >= 11 is 0. The Bertz CT molecular complexity index is 731. The summed E-state index contributed by atoms with van der Waals surface area (Å²) in [6.07, 6.45) is 2.42. The van der Waals surface area contributed by atoms with Crippen LogP contribution in [0.4, 0.5) is 0 Å². The second-order valence-electron chi connectivity index (χ2n) is 6.18. The summed E-state index contributed by atoms with van der Waals surface area (Å²) in [5.74, 6) is -0.955. The minimum atomic E-state index is -0.709. The molecule has 1 atom stereocenters. The number of hydrogen-bond acceptors (Lipinski definition) is 4. The molecule has 2 aromatic rings. The fourth-order valence-corrected chi connectivity index (χ4v) is 2.99. The van der Waals surface area contributed by atoms with E-state index < -0.39 is 5.97 Å². The zero-order chi connectivity index (χ0) is 17.5. The van der Waals surface area contributed by atoms with Crippen LogP contribution in [0.3, 0.4) is 0 Å². The van der Waals surface area contributed by atoms with Crippen LogP contribution < -0.4 is 0 Å². The molecule has 5 nitrogen and oxygen atoms in total. The van der Waals surface area contributed by atoms with Gasteiger partial charge in [0.1, 0.15) is 6.61 Å². The molecule has 5 heteroatoms. The van der Waals surface area contributed by atoms with E-state index in [0.29, 0.717) is 26.1 Å². The molecular formula is C20H22N2O3. The van der Waals surface area contributed by atoms with Crippen molar-refractivity contribution in [1.82, 2.24) is 4.90 Å². The number of carboxylic acids is 1. The summed E-state index contributed by atoms with van der Waals surface area (Å²) < 4.78 is 0. The molecule has 0 radical (unpaired) electrons. The van der Waals surface area contributed by atoms with Crippen molar-refractivity contribution in [2.24, 2.45) is 11.1 Å². The summed E-state index contributed by atoms with van der Waals surface area (Å²) in [7, 11) is 0. The molecule has 2 aromatic carbocycles. The fraction of sp³-hybridized carbons (Fsp3) is 0.300. The second kappa shape index (κ2) is 8.44. The highest BCUT2D eigenvalue weighted by Crippen LogP contribution is 2.19. The van der Waals surface area contributed by atoms with Crippen LogP contribution in [0, 0.1) is 5.92 Å². The van der Waals surface area contributed by atoms with Crippen molar-refractivity contribution in [3.63, 3.8) is 0 Å². The number of carbonyl (C=O) groups is 1. The SMILES string of the molecule is O=C(O)C1CCN(CCO/N=C/c2cccc(-c3ccccc3)c2)C1. The third kappa shape index (κ3) is 4.90. The molecule has 1 fully saturated rings. The quantitative estimate of drug-likeness (QED) is 0.479. The van der Waals surface area contributed by atoms with Crippen molar-refractivity contribution in [3.05, 3.63) is 60.2 Å². The van der Waals surface area contributed by atoms with Gasteiger partial charge in [0, 0.05) is 13.1 Å². The van der Waals surface area contributed by atoms with Crippen molar-refractivity contribution in [2.45, 2.75) is 6.42 Å². The normalized spacial score (nSPS) is 17.8. The van der Waals surface area contributed by atoms with Gasteiger partial charge in [-0.3, -0.25) is 9.69 Å². The van der Waals surface area contributed by atoms with Crippen molar-refractivity contribution < 1.29 is 14.7 Å². The van der Waals surface area contributed by atoms with Gasteiger partial charge in [-0.1, -0.05) is 53.7 Å². The number of likely N-dealkylation sites (tertiary alicyclic amines) is 1. The molecule has 1 unspecified atom stereocenters. The Morgan fingerprint density at radius 3 is 2.76 bits per heavy atom. The van der Waals surface area contributed by atoms with Crippen LogP contribution in [-0.2, 0) is 9.63 Å². The maximum atomic E-state index is 10.9. The minimum absolute atomic E-state index is 0.246. The van der Waals surface area contributed by atoms with Gasteiger partial charge in [0.15, 0.2) is 0 Å². The van der Waals surface area contributed by atoms with Gasteiger partial charge in [-0.25, -0.2) is 0 Å². The molecule has 0 amide bonds. The highest BCUT2D eigenvalue weighted by Gasteiger charge is 2.27. The van der Waals surface area contributed by atoms with E-state index in [9.17, 15) is 4.79 Å². The Balaban J connectivity index is 1.46. The third-order valence-electron chi connectivity index (χ3n) is 4.39. The van der Waals surface area contributed by atoms with Gasteiger partial charge < -0.3 is 9.94 Å². The van der Waals surface area contributed by atoms with E-state index in [1.165, 1.54) is 5.56 Å². The Kier molecular flexibility index (Phi) is 5.80. The van der Waals surface area contributed by atoms with E-state index in [1.807, 2.05) is 30.3 Å². The van der Waals surface area contributed by atoms with E-state index in [4.69, 9.17) is 9.94 Å². The summed E-state index contributed by atoms with van der Waals surface area (Å²) in [6, 6.07) is 18.3. The third-order valence-corrected chi connectivity index (χ3v) is 4.39. The Morgan fingerprint density at radius 2 is 2.00 bits per heavy atom. The summed E-state index contributed by atoms with van der Waals surface area (Å²) in [4.78, 5) is 18.4. The van der Waals surface area contributed by atoms with Gasteiger partial charge in [0.25, 0.3) is 0 Å². The molecule has 1 aliphatic rings. The molecule has 1 saturated heterocycles. The molecule has 0 bridgehead atoms. The van der Waals surface area contributed by atoms with Crippen LogP contribution in [0.25, 0.3) is 11.1 Å². The summed E-state index contributed by atoms with van der Waals surface area (Å²) in [5, 5.41) is 13.0. The van der Waals surface area contributed by atoms with E-state index in [1.54, 1.807) is 6.21 Å². The monoisotopic (exact) mass is 338 g/mol. The molecule has 130 valence electrons. The van der Waals surface area contributed by atoms with Gasteiger partial charge in [0.2, 0.25) is 0 Å². The number of aliphatic carboxylic acids is 1. The molecule has 1 N–H and O–H groups in total. The average molecular weight is 338 g/mol. The number of nitrogens with zero attached hydrogens (tertiary/aromatic N) is 2. The molecule has 0 spiro atoms. The van der Waals surface area contributed by atoms with Crippen LogP contribution in [0.5, 0.6) is 0 Å². The lowest BCUT2D eigenvalue weighted by molar-refractivity contribution is -0.141. The first-order valence-electron chi connectivity index (χ1n) is 8.48. The maximum Gasteiger partial charge on any atom is 0.307 e.